The molecule has 0 heterocycles. The van der Waals surface area contributed by atoms with Gasteiger partial charge >= 0.3 is 0 Å². The maximum Gasteiger partial charge on any atom is 0.274 e. The van der Waals surface area contributed by atoms with Crippen molar-refractivity contribution >= 4 is 34.3 Å². The number of ether oxygens (including phenoxy) is 1. The molecule has 0 bridgehead atoms. The molecule has 3 aromatic rings. The highest BCUT2D eigenvalue weighted by Crippen LogP contribution is 2.33. The topological polar surface area (TPSA) is 126 Å². The van der Waals surface area contributed by atoms with Gasteiger partial charge in [-0.05, 0) is 11.5 Å². The van der Waals surface area contributed by atoms with E-state index in [1.54, 1.807) is 0 Å². The van der Waals surface area contributed by atoms with Gasteiger partial charge in [0.15, 0.2) is 11.5 Å². The van der Waals surface area contributed by atoms with E-state index in [0.717, 1.165) is 34.8 Å². The third-order valence-electron chi connectivity index (χ3n) is 4.14. The molecule has 0 saturated heterocycles. The number of aromatic hydroxyl groups is 1. The van der Waals surface area contributed by atoms with Crippen molar-refractivity contribution in [1.29, 1.82) is 0 Å². The minimum Gasteiger partial charge on any atom is -0.504 e. The van der Waals surface area contributed by atoms with E-state index in [0.29, 0.717) is 0 Å². The summed E-state index contributed by atoms with van der Waals surface area (Å²) in [6.07, 6.45) is 1.11. The molecule has 9 nitrogen and oxygen atoms in total. The molecule has 0 aliphatic carbocycles. The summed E-state index contributed by atoms with van der Waals surface area (Å²) in [7, 11) is 1.28. The molecule has 148 valence electrons. The summed E-state index contributed by atoms with van der Waals surface area (Å²) in [4.78, 5) is 22.4. The molecule has 0 unspecified atom stereocenters. The fourth-order valence-electron chi connectivity index (χ4n) is 2.74. The number of nitrogens with one attached hydrogen (secondary N) is 2. The zero-order chi connectivity index (χ0) is 20.8. The fraction of sp³-hybridized carbons (Fsp3) is 0.100. The molecule has 3 aromatic carbocycles. The molecule has 0 atom stereocenters. The Morgan fingerprint density at radius 2 is 2.00 bits per heavy atom. The van der Waals surface area contributed by atoms with Crippen molar-refractivity contribution in [2.45, 2.75) is 0 Å². The largest absolute Gasteiger partial charge is 0.504 e. The minimum absolute atomic E-state index is 0.0322. The number of phenols is 1. The predicted molar refractivity (Wildman–Crippen MR) is 109 cm³/mol. The van der Waals surface area contributed by atoms with E-state index < -0.39 is 10.8 Å². The summed E-state index contributed by atoms with van der Waals surface area (Å²) in [5.41, 5.74) is 2.88. The van der Waals surface area contributed by atoms with Gasteiger partial charge in [-0.3, -0.25) is 14.9 Å². The molecular weight excluding hydrogens is 376 g/mol. The molecule has 0 aromatic heterocycles. The maximum atomic E-state index is 12.0. The van der Waals surface area contributed by atoms with Crippen molar-refractivity contribution in [2.24, 2.45) is 5.10 Å². The van der Waals surface area contributed by atoms with Crippen LogP contribution in [-0.4, -0.2) is 35.8 Å². The number of hydrazone groups is 1. The Morgan fingerprint density at radius 1 is 1.24 bits per heavy atom. The molecule has 0 aliphatic rings. The Hall–Kier alpha value is -4.14. The number of nitro groups is 1. The Balaban J connectivity index is 1.65. The lowest BCUT2D eigenvalue weighted by Crippen LogP contribution is -2.25. The number of phenolic OH excluding ortho intramolecular Hbond substituents is 1. The highest BCUT2D eigenvalue weighted by molar-refractivity contribution is 5.95. The molecule has 0 aliphatic heterocycles. The number of carbonyl (C=O) groups is 1. The first-order chi connectivity index (χ1) is 14.0. The first-order valence-corrected chi connectivity index (χ1v) is 8.58. The standard InChI is InChI=1S/C20H18N4O5/c1-29-18-10-15(24(27)28)9-14(20(18)26)11-22-23-19(25)12-21-17-8-4-6-13-5-2-3-7-16(13)17/h2-11,21,26H,12H2,1H3,(H,23,25)/b22-11-. The lowest BCUT2D eigenvalue weighted by atomic mass is 10.1. The molecule has 3 N–H and O–H groups in total. The highest BCUT2D eigenvalue weighted by Gasteiger charge is 2.15. The van der Waals surface area contributed by atoms with Gasteiger partial charge in [-0.15, -0.1) is 0 Å². The number of amides is 1. The summed E-state index contributed by atoms with van der Waals surface area (Å²) in [5.74, 6) is -0.805. The molecular formula is C20H18N4O5. The van der Waals surface area contributed by atoms with Crippen molar-refractivity contribution in [3.8, 4) is 11.5 Å². The van der Waals surface area contributed by atoms with Gasteiger partial charge in [0.05, 0.1) is 30.9 Å². The van der Waals surface area contributed by atoms with Crippen molar-refractivity contribution in [2.75, 3.05) is 19.0 Å². The minimum atomic E-state index is -0.619. The Labute approximate surface area is 165 Å². The molecule has 0 radical (unpaired) electrons. The first kappa shape index (κ1) is 19.6. The molecule has 0 spiro atoms. The van der Waals surface area contributed by atoms with E-state index in [1.807, 2.05) is 42.5 Å². The SMILES string of the molecule is COc1cc([N+](=O)[O-])cc(/C=N\NC(=O)CNc2cccc3ccccc23)c1O. The number of benzene rings is 3. The van der Waals surface area contributed by atoms with Crippen LogP contribution in [0.2, 0.25) is 0 Å². The van der Waals surface area contributed by atoms with Crippen LogP contribution in [0, 0.1) is 10.1 Å². The van der Waals surface area contributed by atoms with Crippen LogP contribution in [0.4, 0.5) is 11.4 Å². The second-order valence-corrected chi connectivity index (χ2v) is 6.02. The van der Waals surface area contributed by atoms with Gasteiger partial charge in [0.1, 0.15) is 0 Å². The second-order valence-electron chi connectivity index (χ2n) is 6.02. The van der Waals surface area contributed by atoms with Gasteiger partial charge in [-0.25, -0.2) is 5.43 Å². The zero-order valence-corrected chi connectivity index (χ0v) is 15.5. The van der Waals surface area contributed by atoms with Gasteiger partial charge in [-0.2, -0.15) is 5.10 Å². The summed E-state index contributed by atoms with van der Waals surface area (Å²) in [5, 5.41) is 29.9. The monoisotopic (exact) mass is 394 g/mol. The van der Waals surface area contributed by atoms with Crippen molar-refractivity contribution < 1.29 is 19.6 Å². The van der Waals surface area contributed by atoms with Crippen LogP contribution in [0.25, 0.3) is 10.8 Å². The number of anilines is 1. The van der Waals surface area contributed by atoms with Crippen LogP contribution in [0.1, 0.15) is 5.56 Å². The average Bonchev–Trinajstić information content (AvgIpc) is 2.73. The van der Waals surface area contributed by atoms with Gasteiger partial charge in [-0.1, -0.05) is 36.4 Å². The Morgan fingerprint density at radius 3 is 2.76 bits per heavy atom. The lowest BCUT2D eigenvalue weighted by Gasteiger charge is -2.09. The van der Waals surface area contributed by atoms with Crippen LogP contribution >= 0.6 is 0 Å². The van der Waals surface area contributed by atoms with Gasteiger partial charge < -0.3 is 15.2 Å². The van der Waals surface area contributed by atoms with Crippen molar-refractivity contribution in [1.82, 2.24) is 5.43 Å². The number of rotatable bonds is 7. The number of hydrogen-bond donors (Lipinski definition) is 3. The van der Waals surface area contributed by atoms with E-state index in [-0.39, 0.29) is 29.3 Å². The number of methoxy groups -OCH3 is 1. The van der Waals surface area contributed by atoms with Gasteiger partial charge in [0, 0.05) is 22.7 Å². The maximum absolute atomic E-state index is 12.0. The Bertz CT molecular complexity index is 1090. The molecule has 9 heteroatoms. The van der Waals surface area contributed by atoms with E-state index in [2.05, 4.69) is 15.8 Å². The van der Waals surface area contributed by atoms with E-state index >= 15 is 0 Å². The number of carbonyl (C=O) groups excluding carboxylic acids is 1. The van der Waals surface area contributed by atoms with E-state index in [1.165, 1.54) is 7.11 Å². The van der Waals surface area contributed by atoms with Crippen LogP contribution in [0.15, 0.2) is 59.7 Å². The van der Waals surface area contributed by atoms with Gasteiger partial charge in [0.2, 0.25) is 0 Å². The third kappa shape index (κ3) is 4.59. The smallest absolute Gasteiger partial charge is 0.274 e. The first-order valence-electron chi connectivity index (χ1n) is 8.58. The lowest BCUT2D eigenvalue weighted by molar-refractivity contribution is -0.385. The quantitative estimate of drug-likeness (QED) is 0.321. The fourth-order valence-corrected chi connectivity index (χ4v) is 2.74. The van der Waals surface area contributed by atoms with E-state index in [4.69, 9.17) is 4.74 Å². The molecule has 3 rings (SSSR count). The summed E-state index contributed by atoms with van der Waals surface area (Å²) in [6.45, 7) is -0.0322. The van der Waals surface area contributed by atoms with Crippen LogP contribution in [-0.2, 0) is 4.79 Å². The molecule has 0 fully saturated rings. The number of hydrogen-bond acceptors (Lipinski definition) is 7. The highest BCUT2D eigenvalue weighted by atomic mass is 16.6. The third-order valence-corrected chi connectivity index (χ3v) is 4.14. The summed E-state index contributed by atoms with van der Waals surface area (Å²) < 4.78 is 4.91. The zero-order valence-electron chi connectivity index (χ0n) is 15.5. The van der Waals surface area contributed by atoms with Crippen molar-refractivity contribution in [3.63, 3.8) is 0 Å². The molecule has 1 amide bonds. The number of fused-ring (bicyclic) bond motifs is 1. The normalized spacial score (nSPS) is 10.8. The van der Waals surface area contributed by atoms with Crippen molar-refractivity contribution in [3.05, 3.63) is 70.3 Å². The summed E-state index contributed by atoms with van der Waals surface area (Å²) in [6, 6.07) is 15.7. The molecule has 0 saturated carbocycles. The second kappa shape index (κ2) is 8.70. The average molecular weight is 394 g/mol. The van der Waals surface area contributed by atoms with Crippen LogP contribution < -0.4 is 15.5 Å². The Kier molecular flexibility index (Phi) is 5.88. The van der Waals surface area contributed by atoms with Gasteiger partial charge in [0.25, 0.3) is 11.6 Å². The summed E-state index contributed by atoms with van der Waals surface area (Å²) >= 11 is 0. The molecule has 29 heavy (non-hydrogen) atoms. The number of nitro benzene ring substituents is 1. The predicted octanol–water partition coefficient (Wildman–Crippen LogP) is 3.02. The number of non-ortho nitro benzene ring substituents is 1. The van der Waals surface area contributed by atoms with Crippen LogP contribution in [0.3, 0.4) is 0 Å². The van der Waals surface area contributed by atoms with Crippen LogP contribution in [0.5, 0.6) is 11.5 Å². The van der Waals surface area contributed by atoms with E-state index in [9.17, 15) is 20.0 Å². The number of nitrogens with zero attached hydrogens (tertiary/aromatic N) is 2.